The second kappa shape index (κ2) is 5.61. The van der Waals surface area contributed by atoms with E-state index in [1.807, 2.05) is 16.7 Å². The Kier molecular flexibility index (Phi) is 4.28. The summed E-state index contributed by atoms with van der Waals surface area (Å²) in [5, 5.41) is 8.98. The van der Waals surface area contributed by atoms with Crippen molar-refractivity contribution in [1.29, 1.82) is 0 Å². The molecule has 0 bridgehead atoms. The Hall–Kier alpha value is -0.910. The lowest BCUT2D eigenvalue weighted by atomic mass is 10.1. The van der Waals surface area contributed by atoms with Gasteiger partial charge >= 0.3 is 12.0 Å². The van der Waals surface area contributed by atoms with Crippen molar-refractivity contribution in [3.8, 4) is 0 Å². The van der Waals surface area contributed by atoms with Crippen LogP contribution >= 0.6 is 11.8 Å². The van der Waals surface area contributed by atoms with Crippen molar-refractivity contribution in [2.75, 3.05) is 31.9 Å². The molecule has 0 aromatic rings. The normalized spacial score (nSPS) is 27.2. The number of urea groups is 1. The highest BCUT2D eigenvalue weighted by Gasteiger charge is 2.34. The summed E-state index contributed by atoms with van der Waals surface area (Å²) in [7, 11) is 0. The number of carbonyl (C=O) groups is 2. The van der Waals surface area contributed by atoms with Gasteiger partial charge < -0.3 is 14.9 Å². The maximum Gasteiger partial charge on any atom is 0.320 e. The van der Waals surface area contributed by atoms with Crippen LogP contribution in [0.25, 0.3) is 0 Å². The Morgan fingerprint density at radius 2 is 1.95 bits per heavy atom. The van der Waals surface area contributed by atoms with E-state index in [0.29, 0.717) is 19.5 Å². The Labute approximate surface area is 118 Å². The third-order valence-corrected chi connectivity index (χ3v) is 5.29. The van der Waals surface area contributed by atoms with Crippen LogP contribution in [0.5, 0.6) is 0 Å². The zero-order chi connectivity index (χ0) is 14.0. The van der Waals surface area contributed by atoms with Crippen molar-refractivity contribution in [2.24, 2.45) is 5.92 Å². The maximum absolute atomic E-state index is 12.4. The number of carboxylic acids is 1. The molecule has 0 aliphatic carbocycles. The molecule has 19 heavy (non-hydrogen) atoms. The van der Waals surface area contributed by atoms with Gasteiger partial charge in [0.15, 0.2) is 0 Å². The molecule has 0 spiro atoms. The van der Waals surface area contributed by atoms with Gasteiger partial charge in [0.1, 0.15) is 0 Å². The fourth-order valence-electron chi connectivity index (χ4n) is 2.55. The van der Waals surface area contributed by atoms with E-state index in [4.69, 9.17) is 5.11 Å². The van der Waals surface area contributed by atoms with Crippen LogP contribution < -0.4 is 0 Å². The summed E-state index contributed by atoms with van der Waals surface area (Å²) in [5.41, 5.74) is 0. The molecule has 0 aromatic carbocycles. The quantitative estimate of drug-likeness (QED) is 0.797. The largest absolute Gasteiger partial charge is 0.481 e. The van der Waals surface area contributed by atoms with E-state index in [0.717, 1.165) is 25.3 Å². The molecule has 2 aliphatic heterocycles. The Balaban J connectivity index is 1.92. The second-order valence-corrected chi connectivity index (χ2v) is 7.70. The van der Waals surface area contributed by atoms with E-state index < -0.39 is 5.97 Å². The number of hydrogen-bond donors (Lipinski definition) is 1. The highest BCUT2D eigenvalue weighted by Crippen LogP contribution is 2.31. The van der Waals surface area contributed by atoms with Gasteiger partial charge in [0.25, 0.3) is 0 Å². The molecule has 2 rings (SSSR count). The lowest BCUT2D eigenvalue weighted by Gasteiger charge is -2.27. The topological polar surface area (TPSA) is 60.9 Å². The minimum absolute atomic E-state index is 0.0158. The summed E-state index contributed by atoms with van der Waals surface area (Å²) in [6.45, 7) is 6.89. The molecule has 0 aromatic heterocycles. The second-order valence-electron chi connectivity index (χ2n) is 5.90. The van der Waals surface area contributed by atoms with Crippen LogP contribution in [0.15, 0.2) is 0 Å². The molecular formula is C13H22N2O3S. The molecule has 2 heterocycles. The number of hydrogen-bond acceptors (Lipinski definition) is 3. The summed E-state index contributed by atoms with van der Waals surface area (Å²) in [6.07, 6.45) is 1.56. The van der Waals surface area contributed by atoms with Crippen molar-refractivity contribution >= 4 is 23.8 Å². The highest BCUT2D eigenvalue weighted by atomic mass is 32.2. The van der Waals surface area contributed by atoms with Crippen LogP contribution in [-0.4, -0.2) is 63.6 Å². The van der Waals surface area contributed by atoms with Gasteiger partial charge in [0.05, 0.1) is 5.92 Å². The summed E-state index contributed by atoms with van der Waals surface area (Å²) < 4.78 is 0.226. The molecule has 1 atom stereocenters. The van der Waals surface area contributed by atoms with Crippen LogP contribution in [0.3, 0.4) is 0 Å². The molecule has 0 saturated carbocycles. The van der Waals surface area contributed by atoms with Crippen molar-refractivity contribution in [3.05, 3.63) is 0 Å². The molecule has 1 unspecified atom stereocenters. The molecule has 2 amide bonds. The number of carboxylic acid groups (broad SMARTS) is 1. The predicted molar refractivity (Wildman–Crippen MR) is 75.4 cm³/mol. The highest BCUT2D eigenvalue weighted by molar-refractivity contribution is 8.00. The zero-order valence-corrected chi connectivity index (χ0v) is 12.4. The monoisotopic (exact) mass is 286 g/mol. The van der Waals surface area contributed by atoms with Gasteiger partial charge in [0, 0.05) is 36.7 Å². The molecule has 6 heteroatoms. The van der Waals surface area contributed by atoms with Gasteiger partial charge in [-0.3, -0.25) is 4.79 Å². The number of amides is 2. The third kappa shape index (κ3) is 3.55. The SMILES string of the molecule is CC1(C)CCN(C(=O)N2CCC(C(=O)O)C2)CCS1. The molecule has 2 aliphatic rings. The van der Waals surface area contributed by atoms with Crippen LogP contribution in [0.1, 0.15) is 26.7 Å². The van der Waals surface area contributed by atoms with Gasteiger partial charge in [-0.25, -0.2) is 4.79 Å². The van der Waals surface area contributed by atoms with E-state index >= 15 is 0 Å². The van der Waals surface area contributed by atoms with Crippen LogP contribution in [0.4, 0.5) is 4.79 Å². The first kappa shape index (κ1) is 14.5. The number of rotatable bonds is 1. The fraction of sp³-hybridized carbons (Fsp3) is 0.846. The van der Waals surface area contributed by atoms with Crippen molar-refractivity contribution in [1.82, 2.24) is 9.80 Å². The minimum Gasteiger partial charge on any atom is -0.481 e. The van der Waals surface area contributed by atoms with Crippen LogP contribution in [0, 0.1) is 5.92 Å². The maximum atomic E-state index is 12.4. The Morgan fingerprint density at radius 1 is 1.21 bits per heavy atom. The van der Waals surface area contributed by atoms with Crippen LogP contribution in [-0.2, 0) is 4.79 Å². The predicted octanol–water partition coefficient (Wildman–Crippen LogP) is 1.73. The first-order chi connectivity index (χ1) is 8.89. The molecule has 5 nitrogen and oxygen atoms in total. The number of aliphatic carboxylic acids is 1. The van der Waals surface area contributed by atoms with Crippen molar-refractivity contribution in [2.45, 2.75) is 31.4 Å². The van der Waals surface area contributed by atoms with E-state index in [9.17, 15) is 9.59 Å². The van der Waals surface area contributed by atoms with Crippen molar-refractivity contribution < 1.29 is 14.7 Å². The first-order valence-corrected chi connectivity index (χ1v) is 7.78. The molecule has 2 saturated heterocycles. The lowest BCUT2D eigenvalue weighted by molar-refractivity contribution is -0.141. The van der Waals surface area contributed by atoms with E-state index in [1.165, 1.54) is 0 Å². The average molecular weight is 286 g/mol. The number of carbonyl (C=O) groups excluding carboxylic acids is 1. The first-order valence-electron chi connectivity index (χ1n) is 6.80. The summed E-state index contributed by atoms with van der Waals surface area (Å²) >= 11 is 1.90. The smallest absolute Gasteiger partial charge is 0.320 e. The fourth-order valence-corrected chi connectivity index (χ4v) is 3.65. The van der Waals surface area contributed by atoms with Gasteiger partial charge in [-0.1, -0.05) is 13.8 Å². The lowest BCUT2D eigenvalue weighted by Crippen LogP contribution is -2.43. The van der Waals surface area contributed by atoms with Gasteiger partial charge in [0.2, 0.25) is 0 Å². The number of likely N-dealkylation sites (tertiary alicyclic amines) is 1. The number of nitrogens with zero attached hydrogens (tertiary/aromatic N) is 2. The standard InChI is InChI=1S/C13H22N2O3S/c1-13(2)4-6-14(7-8-19-13)12(18)15-5-3-10(9-15)11(16)17/h10H,3-9H2,1-2H3,(H,16,17). The molecular weight excluding hydrogens is 264 g/mol. The minimum atomic E-state index is -0.789. The molecule has 2 fully saturated rings. The van der Waals surface area contributed by atoms with Crippen LogP contribution in [0.2, 0.25) is 0 Å². The van der Waals surface area contributed by atoms with Gasteiger partial charge in [-0.15, -0.1) is 0 Å². The third-order valence-electron chi connectivity index (χ3n) is 3.92. The molecule has 1 N–H and O–H groups in total. The molecule has 0 radical (unpaired) electrons. The molecule has 108 valence electrons. The summed E-state index contributed by atoms with van der Waals surface area (Å²) in [5.74, 6) is -0.223. The average Bonchev–Trinajstić information content (AvgIpc) is 2.75. The van der Waals surface area contributed by atoms with E-state index in [-0.39, 0.29) is 16.7 Å². The van der Waals surface area contributed by atoms with E-state index in [1.54, 1.807) is 4.90 Å². The zero-order valence-electron chi connectivity index (χ0n) is 11.6. The summed E-state index contributed by atoms with van der Waals surface area (Å²) in [4.78, 5) is 26.9. The Morgan fingerprint density at radius 3 is 2.58 bits per heavy atom. The Bertz CT molecular complexity index is 373. The van der Waals surface area contributed by atoms with E-state index in [2.05, 4.69) is 13.8 Å². The van der Waals surface area contributed by atoms with Crippen molar-refractivity contribution in [3.63, 3.8) is 0 Å². The summed E-state index contributed by atoms with van der Waals surface area (Å²) in [6, 6.07) is 0.0158. The van der Waals surface area contributed by atoms with Gasteiger partial charge in [-0.05, 0) is 12.8 Å². The number of thioether (sulfide) groups is 1. The van der Waals surface area contributed by atoms with Gasteiger partial charge in [-0.2, -0.15) is 11.8 Å².